The van der Waals surface area contributed by atoms with Crippen molar-refractivity contribution < 1.29 is 9.59 Å². The summed E-state index contributed by atoms with van der Waals surface area (Å²) in [6, 6.07) is 9.73. The van der Waals surface area contributed by atoms with E-state index in [1.807, 2.05) is 42.3 Å². The average Bonchev–Trinajstić information content (AvgIpc) is 2.54. The third-order valence-corrected chi connectivity index (χ3v) is 2.85. The Hall–Kier alpha value is -2.76. The number of hydrogen-bond acceptors (Lipinski definition) is 5. The van der Waals surface area contributed by atoms with E-state index >= 15 is 0 Å². The molecule has 6 nitrogen and oxygen atoms in total. The lowest BCUT2D eigenvalue weighted by Gasteiger charge is -2.16. The Morgan fingerprint density at radius 1 is 1.24 bits per heavy atom. The molecule has 0 bridgehead atoms. The van der Waals surface area contributed by atoms with Gasteiger partial charge in [0.25, 0.3) is 0 Å². The van der Waals surface area contributed by atoms with E-state index in [1.165, 1.54) is 0 Å². The minimum absolute atomic E-state index is 0.162. The van der Waals surface area contributed by atoms with Crippen LogP contribution in [0.5, 0.6) is 0 Å². The summed E-state index contributed by atoms with van der Waals surface area (Å²) in [5, 5.41) is 2.64. The van der Waals surface area contributed by atoms with Gasteiger partial charge in [0.2, 0.25) is 11.9 Å². The fourth-order valence-corrected chi connectivity index (χ4v) is 1.74. The number of hydrogen-bond donors (Lipinski definition) is 1. The third-order valence-electron chi connectivity index (χ3n) is 2.85. The van der Waals surface area contributed by atoms with Gasteiger partial charge in [-0.15, -0.1) is 0 Å². The molecule has 0 aliphatic rings. The fourth-order valence-electron chi connectivity index (χ4n) is 1.74. The molecule has 1 aromatic heterocycles. The van der Waals surface area contributed by atoms with Gasteiger partial charge in [-0.2, -0.15) is 0 Å². The van der Waals surface area contributed by atoms with Gasteiger partial charge < -0.3 is 15.0 Å². The van der Waals surface area contributed by atoms with Crippen LogP contribution in [0.25, 0.3) is 0 Å². The molecule has 0 saturated heterocycles. The van der Waals surface area contributed by atoms with E-state index < -0.39 is 0 Å². The number of aromatic nitrogens is 2. The molecule has 6 heteroatoms. The Morgan fingerprint density at radius 2 is 1.90 bits per heavy atom. The number of aldehydes is 1. The highest BCUT2D eigenvalue weighted by molar-refractivity contribution is 5.91. The fraction of sp³-hybridized carbons (Fsp3) is 0.200. The van der Waals surface area contributed by atoms with Crippen molar-refractivity contribution in [1.82, 2.24) is 9.97 Å². The molecular formula is C15H16N4O2. The van der Waals surface area contributed by atoms with E-state index in [0.29, 0.717) is 17.9 Å². The summed E-state index contributed by atoms with van der Waals surface area (Å²) >= 11 is 0. The SMILES string of the molecule is CN(c1ccccc1)c1ncc(NC(=O)CCC=O)cn1. The van der Waals surface area contributed by atoms with Gasteiger partial charge in [-0.1, -0.05) is 18.2 Å². The van der Waals surface area contributed by atoms with Crippen LogP contribution in [-0.2, 0) is 9.59 Å². The van der Waals surface area contributed by atoms with Crippen LogP contribution in [0.3, 0.4) is 0 Å². The van der Waals surface area contributed by atoms with Crippen LogP contribution in [0, 0.1) is 0 Å². The molecule has 0 fully saturated rings. The first kappa shape index (κ1) is 14.6. The van der Waals surface area contributed by atoms with E-state index in [-0.39, 0.29) is 18.7 Å². The summed E-state index contributed by atoms with van der Waals surface area (Å²) in [6.07, 6.45) is 4.17. The molecule has 0 unspecified atom stereocenters. The van der Waals surface area contributed by atoms with Gasteiger partial charge in [-0.25, -0.2) is 9.97 Å². The standard InChI is InChI=1S/C15H16N4O2/c1-19(13-6-3-2-4-7-13)15-16-10-12(11-17-15)18-14(21)8-5-9-20/h2-4,6-7,9-11H,5,8H2,1H3,(H,18,21). The number of carbonyl (C=O) groups excluding carboxylic acids is 2. The lowest BCUT2D eigenvalue weighted by atomic mass is 10.3. The molecule has 1 aromatic carbocycles. The predicted octanol–water partition coefficient (Wildman–Crippen LogP) is 2.16. The lowest BCUT2D eigenvalue weighted by molar-refractivity contribution is -0.118. The first-order valence-electron chi connectivity index (χ1n) is 6.55. The summed E-state index contributed by atoms with van der Waals surface area (Å²) < 4.78 is 0. The largest absolute Gasteiger partial charge is 0.323 e. The van der Waals surface area contributed by atoms with Crippen molar-refractivity contribution >= 4 is 29.5 Å². The average molecular weight is 284 g/mol. The Labute approximate surface area is 122 Å². The number of anilines is 3. The van der Waals surface area contributed by atoms with Gasteiger partial charge >= 0.3 is 0 Å². The number of rotatable bonds is 6. The molecule has 21 heavy (non-hydrogen) atoms. The maximum absolute atomic E-state index is 11.5. The van der Waals surface area contributed by atoms with Crippen molar-refractivity contribution in [2.24, 2.45) is 0 Å². The summed E-state index contributed by atoms with van der Waals surface area (Å²) in [5.41, 5.74) is 1.48. The molecule has 0 atom stereocenters. The minimum atomic E-state index is -0.227. The Kier molecular flexibility index (Phi) is 4.98. The number of amides is 1. The smallest absolute Gasteiger partial charge is 0.229 e. The van der Waals surface area contributed by atoms with Crippen molar-refractivity contribution in [3.8, 4) is 0 Å². The van der Waals surface area contributed by atoms with Crippen LogP contribution >= 0.6 is 0 Å². The number of benzene rings is 1. The van der Waals surface area contributed by atoms with Crippen LogP contribution < -0.4 is 10.2 Å². The summed E-state index contributed by atoms with van der Waals surface area (Å²) in [6.45, 7) is 0. The molecule has 2 aromatic rings. The van der Waals surface area contributed by atoms with Gasteiger partial charge in [-0.3, -0.25) is 4.79 Å². The van der Waals surface area contributed by atoms with Gasteiger partial charge in [0, 0.05) is 25.6 Å². The summed E-state index contributed by atoms with van der Waals surface area (Å²) in [5.74, 6) is 0.307. The van der Waals surface area contributed by atoms with Crippen LogP contribution in [-0.4, -0.2) is 29.2 Å². The first-order valence-corrected chi connectivity index (χ1v) is 6.55. The van der Waals surface area contributed by atoms with Gasteiger partial charge in [0.05, 0.1) is 18.1 Å². The second-order valence-corrected chi connectivity index (χ2v) is 4.42. The van der Waals surface area contributed by atoms with Crippen LogP contribution in [0.15, 0.2) is 42.7 Å². The topological polar surface area (TPSA) is 75.2 Å². The second-order valence-electron chi connectivity index (χ2n) is 4.42. The van der Waals surface area contributed by atoms with Gasteiger partial charge in [-0.05, 0) is 12.1 Å². The lowest BCUT2D eigenvalue weighted by Crippen LogP contribution is -2.15. The van der Waals surface area contributed by atoms with E-state index in [9.17, 15) is 9.59 Å². The predicted molar refractivity (Wildman–Crippen MR) is 80.5 cm³/mol. The monoisotopic (exact) mass is 284 g/mol. The van der Waals surface area contributed by atoms with Crippen molar-refractivity contribution in [1.29, 1.82) is 0 Å². The zero-order valence-electron chi connectivity index (χ0n) is 11.7. The van der Waals surface area contributed by atoms with E-state index in [2.05, 4.69) is 15.3 Å². The van der Waals surface area contributed by atoms with Crippen LogP contribution in [0.2, 0.25) is 0 Å². The quantitative estimate of drug-likeness (QED) is 0.823. The molecule has 0 radical (unpaired) electrons. The molecule has 0 aliphatic carbocycles. The molecule has 1 heterocycles. The zero-order chi connectivity index (χ0) is 15.1. The number of carbonyl (C=O) groups is 2. The van der Waals surface area contributed by atoms with Crippen LogP contribution in [0.4, 0.5) is 17.3 Å². The molecule has 108 valence electrons. The molecule has 1 amide bonds. The van der Waals surface area contributed by atoms with Gasteiger partial charge in [0.1, 0.15) is 6.29 Å². The second kappa shape index (κ2) is 7.14. The van der Waals surface area contributed by atoms with Crippen LogP contribution in [0.1, 0.15) is 12.8 Å². The molecule has 0 saturated carbocycles. The third kappa shape index (κ3) is 4.10. The Bertz CT molecular complexity index is 599. The highest BCUT2D eigenvalue weighted by Crippen LogP contribution is 2.19. The Balaban J connectivity index is 2.02. The summed E-state index contributed by atoms with van der Waals surface area (Å²) in [4.78, 5) is 32.0. The maximum atomic E-state index is 11.5. The van der Waals surface area contributed by atoms with Crippen molar-refractivity contribution in [3.63, 3.8) is 0 Å². The molecule has 2 rings (SSSR count). The van der Waals surface area contributed by atoms with E-state index in [1.54, 1.807) is 12.4 Å². The normalized spacial score (nSPS) is 9.95. The summed E-state index contributed by atoms with van der Waals surface area (Å²) in [7, 11) is 1.87. The van der Waals surface area contributed by atoms with Crippen molar-refractivity contribution in [2.75, 3.05) is 17.3 Å². The van der Waals surface area contributed by atoms with Gasteiger partial charge in [0.15, 0.2) is 0 Å². The maximum Gasteiger partial charge on any atom is 0.229 e. The molecule has 0 spiro atoms. The first-order chi connectivity index (χ1) is 10.2. The zero-order valence-corrected chi connectivity index (χ0v) is 11.7. The van der Waals surface area contributed by atoms with E-state index in [4.69, 9.17) is 0 Å². The molecule has 1 N–H and O–H groups in total. The molecule has 0 aliphatic heterocycles. The highest BCUT2D eigenvalue weighted by Gasteiger charge is 2.07. The minimum Gasteiger partial charge on any atom is -0.323 e. The van der Waals surface area contributed by atoms with Crippen molar-refractivity contribution in [2.45, 2.75) is 12.8 Å². The number of nitrogens with zero attached hydrogens (tertiary/aromatic N) is 3. The number of nitrogens with one attached hydrogen (secondary N) is 1. The molecular weight excluding hydrogens is 268 g/mol. The highest BCUT2D eigenvalue weighted by atomic mass is 16.1. The number of para-hydroxylation sites is 1. The Morgan fingerprint density at radius 3 is 2.52 bits per heavy atom. The van der Waals surface area contributed by atoms with E-state index in [0.717, 1.165) is 5.69 Å². The van der Waals surface area contributed by atoms with Crippen molar-refractivity contribution in [3.05, 3.63) is 42.7 Å².